The maximum absolute atomic E-state index is 10.3. The molecule has 0 spiro atoms. The monoisotopic (exact) mass is 344 g/mol. The van der Waals surface area contributed by atoms with Gasteiger partial charge in [-0.15, -0.1) is 12.4 Å². The van der Waals surface area contributed by atoms with E-state index in [0.29, 0.717) is 13.1 Å². The smallest absolute Gasteiger partial charge is 0.0843 e. The van der Waals surface area contributed by atoms with Crippen LogP contribution in [0.1, 0.15) is 32.0 Å². The highest BCUT2D eigenvalue weighted by atomic mass is 35.5. The summed E-state index contributed by atoms with van der Waals surface area (Å²) >= 11 is 6.36. The number of aliphatic hydroxyl groups is 1. The summed E-state index contributed by atoms with van der Waals surface area (Å²) in [5.41, 5.74) is 3.41. The van der Waals surface area contributed by atoms with Gasteiger partial charge in [0.25, 0.3) is 0 Å². The summed E-state index contributed by atoms with van der Waals surface area (Å²) in [7, 11) is 0. The van der Waals surface area contributed by atoms with Gasteiger partial charge in [0.2, 0.25) is 0 Å². The van der Waals surface area contributed by atoms with Crippen molar-refractivity contribution in [2.75, 3.05) is 6.54 Å². The number of fused-ring (bicyclic) bond motifs is 1. The zero-order chi connectivity index (χ0) is 15.8. The molecule has 0 amide bonds. The molecular weight excluding hydrogens is 319 g/mol. The third-order valence-electron chi connectivity index (χ3n) is 3.87. The van der Waals surface area contributed by atoms with Crippen LogP contribution < -0.4 is 5.32 Å². The van der Waals surface area contributed by atoms with Gasteiger partial charge in [-0.3, -0.25) is 0 Å². The maximum atomic E-state index is 10.3. The predicted molar refractivity (Wildman–Crippen MR) is 97.4 cm³/mol. The fourth-order valence-electron chi connectivity index (χ4n) is 2.58. The summed E-state index contributed by atoms with van der Waals surface area (Å²) in [6.07, 6.45) is -0.450. The Hall–Kier alpha value is -0.740. The van der Waals surface area contributed by atoms with Crippen LogP contribution in [0.5, 0.6) is 0 Å². The van der Waals surface area contributed by atoms with Crippen molar-refractivity contribution < 1.29 is 5.11 Å². The van der Waals surface area contributed by atoms with E-state index in [4.69, 9.17) is 11.6 Å². The van der Waals surface area contributed by atoms with Gasteiger partial charge in [0.15, 0.2) is 0 Å². The Morgan fingerprint density at radius 1 is 1.27 bits per heavy atom. The highest BCUT2D eigenvalue weighted by molar-refractivity contribution is 6.35. The fraction of sp³-hybridized carbons (Fsp3) is 0.529. The molecule has 0 bridgehead atoms. The standard InChI is InChI=1S/C17H25ClN2O.ClH/c1-11-12(2)20(10-13(21)9-19-17(3,4)5)16-14(11)7-6-8-15(16)18;/h6-8,13,19,21H,9-10H2,1-5H3;1H. The highest BCUT2D eigenvalue weighted by Crippen LogP contribution is 2.30. The Bertz CT molecular complexity index is 644. The molecule has 5 heteroatoms. The topological polar surface area (TPSA) is 37.2 Å². The number of nitrogens with one attached hydrogen (secondary N) is 1. The number of para-hydroxylation sites is 1. The Morgan fingerprint density at radius 3 is 2.50 bits per heavy atom. The Balaban J connectivity index is 0.00000242. The molecule has 0 saturated heterocycles. The van der Waals surface area contributed by atoms with E-state index in [9.17, 15) is 5.11 Å². The van der Waals surface area contributed by atoms with Gasteiger partial charge >= 0.3 is 0 Å². The summed E-state index contributed by atoms with van der Waals surface area (Å²) in [5, 5.41) is 15.6. The molecule has 2 N–H and O–H groups in total. The molecular formula is C17H26Cl2N2O. The summed E-state index contributed by atoms with van der Waals surface area (Å²) < 4.78 is 2.13. The minimum atomic E-state index is -0.450. The average molecular weight is 345 g/mol. The molecule has 3 nitrogen and oxygen atoms in total. The van der Waals surface area contributed by atoms with Crippen molar-refractivity contribution in [3.8, 4) is 0 Å². The van der Waals surface area contributed by atoms with Gasteiger partial charge in [-0.1, -0.05) is 23.7 Å². The molecule has 0 saturated carbocycles. The van der Waals surface area contributed by atoms with Crippen molar-refractivity contribution >= 4 is 34.9 Å². The van der Waals surface area contributed by atoms with Crippen molar-refractivity contribution in [2.24, 2.45) is 0 Å². The molecule has 0 aliphatic rings. The van der Waals surface area contributed by atoms with Crippen molar-refractivity contribution in [2.45, 2.75) is 52.8 Å². The van der Waals surface area contributed by atoms with Crippen LogP contribution in [0.4, 0.5) is 0 Å². The summed E-state index contributed by atoms with van der Waals surface area (Å²) in [6, 6.07) is 5.96. The minimum absolute atomic E-state index is 0. The molecule has 22 heavy (non-hydrogen) atoms. The summed E-state index contributed by atoms with van der Waals surface area (Å²) in [6.45, 7) is 11.6. The van der Waals surface area contributed by atoms with Crippen LogP contribution in [-0.2, 0) is 6.54 Å². The first-order valence-corrected chi connectivity index (χ1v) is 7.75. The first-order chi connectivity index (χ1) is 9.70. The van der Waals surface area contributed by atoms with E-state index < -0.39 is 6.10 Å². The molecule has 124 valence electrons. The molecule has 2 aromatic rings. The average Bonchev–Trinajstić information content (AvgIpc) is 2.62. The van der Waals surface area contributed by atoms with Gasteiger partial charge in [-0.25, -0.2) is 0 Å². The van der Waals surface area contributed by atoms with Crippen LogP contribution >= 0.6 is 24.0 Å². The second-order valence-corrected chi connectivity index (χ2v) is 7.15. The van der Waals surface area contributed by atoms with Gasteiger partial charge < -0.3 is 15.0 Å². The number of hydrogen-bond donors (Lipinski definition) is 2. The van der Waals surface area contributed by atoms with E-state index in [-0.39, 0.29) is 17.9 Å². The lowest BCUT2D eigenvalue weighted by Crippen LogP contribution is -2.42. The van der Waals surface area contributed by atoms with Crippen molar-refractivity contribution in [3.63, 3.8) is 0 Å². The number of rotatable bonds is 4. The minimum Gasteiger partial charge on any atom is -0.390 e. The zero-order valence-corrected chi connectivity index (χ0v) is 15.5. The number of halogens is 2. The lowest BCUT2D eigenvalue weighted by Gasteiger charge is -2.23. The van der Waals surface area contributed by atoms with Crippen LogP contribution in [0.25, 0.3) is 10.9 Å². The molecule has 1 aromatic heterocycles. The van der Waals surface area contributed by atoms with Crippen molar-refractivity contribution in [1.29, 1.82) is 0 Å². The number of benzene rings is 1. The number of aryl methyl sites for hydroxylation is 1. The van der Waals surface area contributed by atoms with Gasteiger partial charge in [0.1, 0.15) is 0 Å². The van der Waals surface area contributed by atoms with E-state index in [2.05, 4.69) is 50.6 Å². The van der Waals surface area contributed by atoms with E-state index in [0.717, 1.165) is 21.6 Å². The lowest BCUT2D eigenvalue weighted by atomic mass is 10.1. The third kappa shape index (κ3) is 4.17. The first kappa shape index (κ1) is 19.3. The van der Waals surface area contributed by atoms with Crippen LogP contribution in [0.2, 0.25) is 5.02 Å². The predicted octanol–water partition coefficient (Wildman–Crippen LogP) is 4.08. The number of β-amino-alcohol motifs (C(OH)–C–C–N with tert-alkyl or cyclic N) is 1. The van der Waals surface area contributed by atoms with Crippen LogP contribution in [-0.4, -0.2) is 27.9 Å². The fourth-order valence-corrected chi connectivity index (χ4v) is 2.86. The molecule has 1 heterocycles. The Kier molecular flexibility index (Phi) is 6.34. The maximum Gasteiger partial charge on any atom is 0.0843 e. The molecule has 0 aliphatic carbocycles. The van der Waals surface area contributed by atoms with Gasteiger partial charge in [-0.2, -0.15) is 0 Å². The largest absolute Gasteiger partial charge is 0.390 e. The number of hydrogen-bond acceptors (Lipinski definition) is 2. The van der Waals surface area contributed by atoms with E-state index >= 15 is 0 Å². The highest BCUT2D eigenvalue weighted by Gasteiger charge is 2.17. The quantitative estimate of drug-likeness (QED) is 0.876. The Morgan fingerprint density at radius 2 is 1.91 bits per heavy atom. The third-order valence-corrected chi connectivity index (χ3v) is 4.17. The second kappa shape index (κ2) is 7.22. The second-order valence-electron chi connectivity index (χ2n) is 6.74. The van der Waals surface area contributed by atoms with Crippen LogP contribution in [0.3, 0.4) is 0 Å². The van der Waals surface area contributed by atoms with E-state index in [1.807, 2.05) is 12.1 Å². The number of aliphatic hydroxyl groups excluding tert-OH is 1. The van der Waals surface area contributed by atoms with Gasteiger partial charge in [0.05, 0.1) is 23.2 Å². The molecule has 1 atom stereocenters. The van der Waals surface area contributed by atoms with Crippen LogP contribution in [0.15, 0.2) is 18.2 Å². The molecule has 0 fully saturated rings. The van der Waals surface area contributed by atoms with Gasteiger partial charge in [0, 0.05) is 23.2 Å². The van der Waals surface area contributed by atoms with Crippen molar-refractivity contribution in [1.82, 2.24) is 9.88 Å². The Labute approximate surface area is 144 Å². The summed E-state index contributed by atoms with van der Waals surface area (Å²) in [5.74, 6) is 0. The molecule has 2 rings (SSSR count). The van der Waals surface area contributed by atoms with E-state index in [1.165, 1.54) is 5.56 Å². The normalized spacial score (nSPS) is 13.2. The number of aromatic nitrogens is 1. The zero-order valence-electron chi connectivity index (χ0n) is 13.9. The van der Waals surface area contributed by atoms with E-state index in [1.54, 1.807) is 0 Å². The SMILES string of the molecule is Cc1c(C)n(CC(O)CNC(C)(C)C)c2c(Cl)cccc12.Cl. The lowest BCUT2D eigenvalue weighted by molar-refractivity contribution is 0.142. The van der Waals surface area contributed by atoms with Crippen LogP contribution in [0, 0.1) is 13.8 Å². The molecule has 1 unspecified atom stereocenters. The summed E-state index contributed by atoms with van der Waals surface area (Å²) in [4.78, 5) is 0. The number of nitrogens with zero attached hydrogens (tertiary/aromatic N) is 1. The van der Waals surface area contributed by atoms with Gasteiger partial charge in [-0.05, 0) is 46.2 Å². The van der Waals surface area contributed by atoms with Crippen molar-refractivity contribution in [3.05, 3.63) is 34.5 Å². The molecule has 1 aromatic carbocycles. The molecule has 0 aliphatic heterocycles. The molecule has 0 radical (unpaired) electrons. The first-order valence-electron chi connectivity index (χ1n) is 7.37.